The van der Waals surface area contributed by atoms with Gasteiger partial charge >= 0.3 is 0 Å². The molecule has 0 fully saturated rings. The Morgan fingerprint density at radius 3 is 0.289 bits per heavy atom. The van der Waals surface area contributed by atoms with Gasteiger partial charge in [0.2, 0.25) is 0 Å². The van der Waals surface area contributed by atoms with E-state index in [1.807, 2.05) is 0 Å². The molecule has 0 aromatic carbocycles. The fourth-order valence-electron chi connectivity index (χ4n) is 7.53. The summed E-state index contributed by atoms with van der Waals surface area (Å²) < 4.78 is 117. The van der Waals surface area contributed by atoms with Crippen LogP contribution in [0.25, 0.3) is 0 Å². The average molecular weight is 1210 g/mol. The Labute approximate surface area is 504 Å². The first-order valence-corrected chi connectivity index (χ1v) is 32.5. The number of unbranched alkanes of at least 4 members (excludes halogenated alkanes) is 16. The fraction of sp³-hybridized carbons (Fsp3) is 1.00. The zero-order valence-electron chi connectivity index (χ0n) is 53.0. The smallest absolute Gasteiger partial charge is 0.0701 e. The normalized spacial score (nSPS) is 11.8. The van der Waals surface area contributed by atoms with E-state index in [1.165, 1.54) is 103 Å². The molecule has 0 amide bonds. The topological polar surface area (TPSA) is 194 Å². The van der Waals surface area contributed by atoms with Crippen LogP contribution in [0.2, 0.25) is 0 Å². The van der Waals surface area contributed by atoms with E-state index in [2.05, 4.69) is 13.8 Å². The first kappa shape index (κ1) is 82.2. The molecule has 0 atom stereocenters. The van der Waals surface area contributed by atoms with E-state index in [1.54, 1.807) is 0 Å². The van der Waals surface area contributed by atoms with Gasteiger partial charge in [-0.3, -0.25) is 0 Å². The Hall–Kier alpha value is -0.840. The summed E-state index contributed by atoms with van der Waals surface area (Å²) in [6, 6.07) is 0. The summed E-state index contributed by atoms with van der Waals surface area (Å²) in [6.07, 6.45) is 23.8. The monoisotopic (exact) mass is 1210 g/mol. The van der Waals surface area contributed by atoms with Crippen LogP contribution in [-0.2, 0) is 99.5 Å². The van der Waals surface area contributed by atoms with Crippen LogP contribution in [-0.4, -0.2) is 277 Å². The molecule has 0 spiro atoms. The predicted molar refractivity (Wildman–Crippen MR) is 322 cm³/mol. The number of hydrogen-bond acceptors (Lipinski definition) is 21. The van der Waals surface area contributed by atoms with Gasteiger partial charge in [-0.25, -0.2) is 0 Å². The summed E-state index contributed by atoms with van der Waals surface area (Å²) in [4.78, 5) is 0. The first-order valence-electron chi connectivity index (χ1n) is 32.5. The molecule has 0 aliphatic heterocycles. The third kappa shape index (κ3) is 81.2. The molecule has 0 aliphatic carbocycles. The highest BCUT2D eigenvalue weighted by atomic mass is 16.6. The maximum Gasteiger partial charge on any atom is 0.0701 e. The number of ether oxygens (including phenoxy) is 21. The second-order valence-electron chi connectivity index (χ2n) is 19.5. The molecule has 0 saturated carbocycles. The Morgan fingerprint density at radius 1 is 0.0964 bits per heavy atom. The summed E-state index contributed by atoms with van der Waals surface area (Å²) in [6.45, 7) is 27.1. The van der Waals surface area contributed by atoms with Crippen molar-refractivity contribution >= 4 is 0 Å². The summed E-state index contributed by atoms with van der Waals surface area (Å²) in [5, 5.41) is 0. The van der Waals surface area contributed by atoms with E-state index < -0.39 is 0 Å². The highest BCUT2D eigenvalue weighted by molar-refractivity contribution is 4.49. The third-order valence-corrected chi connectivity index (χ3v) is 12.2. The maximum absolute atomic E-state index is 5.66. The van der Waals surface area contributed by atoms with E-state index in [4.69, 9.17) is 99.5 Å². The lowest BCUT2D eigenvalue weighted by atomic mass is 10.1. The minimum Gasteiger partial charge on any atom is -0.379 e. The van der Waals surface area contributed by atoms with Gasteiger partial charge in [-0.2, -0.15) is 0 Å². The van der Waals surface area contributed by atoms with Gasteiger partial charge in [0, 0.05) is 13.2 Å². The quantitative estimate of drug-likeness (QED) is 0.0526. The van der Waals surface area contributed by atoms with Crippen molar-refractivity contribution in [2.45, 2.75) is 129 Å². The molecule has 0 radical (unpaired) electrons. The lowest BCUT2D eigenvalue weighted by Crippen LogP contribution is -2.16. The highest BCUT2D eigenvalue weighted by Crippen LogP contribution is 2.11. The van der Waals surface area contributed by atoms with Crippen molar-refractivity contribution in [3.8, 4) is 0 Å². The minimum absolute atomic E-state index is 0.494. The zero-order valence-corrected chi connectivity index (χ0v) is 53.0. The molecule has 0 bridgehead atoms. The van der Waals surface area contributed by atoms with Crippen LogP contribution < -0.4 is 0 Å². The molecule has 83 heavy (non-hydrogen) atoms. The highest BCUT2D eigenvalue weighted by Gasteiger charge is 2.01. The Bertz CT molecular complexity index is 1010. The lowest BCUT2D eigenvalue weighted by molar-refractivity contribution is -0.0316. The molecule has 0 N–H and O–H groups in total. The van der Waals surface area contributed by atoms with E-state index >= 15 is 0 Å². The van der Waals surface area contributed by atoms with Crippen LogP contribution in [0.15, 0.2) is 0 Å². The van der Waals surface area contributed by atoms with Crippen LogP contribution in [0, 0.1) is 0 Å². The van der Waals surface area contributed by atoms with Crippen molar-refractivity contribution in [3.05, 3.63) is 0 Å². The van der Waals surface area contributed by atoms with E-state index in [0.717, 1.165) is 26.1 Å². The van der Waals surface area contributed by atoms with Crippen molar-refractivity contribution in [2.75, 3.05) is 277 Å². The molecule has 0 heterocycles. The molecular weight excluding hydrogens is 1080 g/mol. The SMILES string of the molecule is CCCCCCCCCCCOCCOCCOCCOCCOCCOCCOCCOCCOCCOCCOCCOCCOCCOCCOCCOCCOCCOCCOCCOCCOCCCCCCCCCCC. The largest absolute Gasteiger partial charge is 0.379 e. The van der Waals surface area contributed by atoms with Gasteiger partial charge in [-0.05, 0) is 12.8 Å². The van der Waals surface area contributed by atoms with Crippen molar-refractivity contribution in [1.82, 2.24) is 0 Å². The van der Waals surface area contributed by atoms with Crippen LogP contribution in [0.3, 0.4) is 0 Å². The molecule has 0 saturated heterocycles. The predicted octanol–water partition coefficient (Wildman–Crippen LogP) is 8.40. The molecule has 0 aromatic heterocycles. The Morgan fingerprint density at radius 2 is 0.181 bits per heavy atom. The average Bonchev–Trinajstić information content (AvgIpc) is 3.49. The molecular formula is C62H126O21. The molecule has 0 aliphatic rings. The molecule has 0 aromatic rings. The van der Waals surface area contributed by atoms with Gasteiger partial charge in [0.15, 0.2) is 0 Å². The molecule has 0 rings (SSSR count). The van der Waals surface area contributed by atoms with Crippen molar-refractivity contribution in [3.63, 3.8) is 0 Å². The van der Waals surface area contributed by atoms with Gasteiger partial charge in [-0.15, -0.1) is 0 Å². The minimum atomic E-state index is 0.494. The second-order valence-corrected chi connectivity index (χ2v) is 19.5. The molecule has 500 valence electrons. The van der Waals surface area contributed by atoms with Crippen molar-refractivity contribution in [1.29, 1.82) is 0 Å². The lowest BCUT2D eigenvalue weighted by Gasteiger charge is -2.09. The van der Waals surface area contributed by atoms with Crippen LogP contribution in [0.4, 0.5) is 0 Å². The van der Waals surface area contributed by atoms with Crippen molar-refractivity contribution < 1.29 is 99.5 Å². The van der Waals surface area contributed by atoms with E-state index in [0.29, 0.717) is 264 Å². The van der Waals surface area contributed by atoms with Crippen LogP contribution in [0.5, 0.6) is 0 Å². The maximum atomic E-state index is 5.66. The zero-order chi connectivity index (χ0) is 59.3. The first-order chi connectivity index (χ1) is 41.4. The van der Waals surface area contributed by atoms with Gasteiger partial charge in [0.25, 0.3) is 0 Å². The molecule has 0 unspecified atom stereocenters. The summed E-state index contributed by atoms with van der Waals surface area (Å²) in [5.74, 6) is 0. The Kier molecular flexibility index (Phi) is 80.3. The van der Waals surface area contributed by atoms with Crippen LogP contribution >= 0.6 is 0 Å². The van der Waals surface area contributed by atoms with Crippen molar-refractivity contribution in [2.24, 2.45) is 0 Å². The molecule has 21 nitrogen and oxygen atoms in total. The second kappa shape index (κ2) is 81.2. The van der Waals surface area contributed by atoms with E-state index in [-0.39, 0.29) is 0 Å². The van der Waals surface area contributed by atoms with Crippen LogP contribution in [0.1, 0.15) is 129 Å². The van der Waals surface area contributed by atoms with Gasteiger partial charge in [-0.1, -0.05) is 117 Å². The number of rotatable bonds is 80. The van der Waals surface area contributed by atoms with Gasteiger partial charge in [0.05, 0.1) is 264 Å². The fourth-order valence-corrected chi connectivity index (χ4v) is 7.53. The summed E-state index contributed by atoms with van der Waals surface area (Å²) in [7, 11) is 0. The third-order valence-electron chi connectivity index (χ3n) is 12.2. The summed E-state index contributed by atoms with van der Waals surface area (Å²) >= 11 is 0. The van der Waals surface area contributed by atoms with Gasteiger partial charge in [0.1, 0.15) is 0 Å². The standard InChI is InChI=1S/C62H126O21/c1-3-5-7-9-11-13-15-17-19-21-63-23-25-65-27-29-67-31-33-69-35-37-71-39-41-73-43-45-75-47-49-77-51-53-79-55-57-81-59-61-83-62-60-82-58-56-80-54-52-78-50-48-76-46-44-74-42-40-72-38-36-70-34-32-68-30-28-66-26-24-64-22-20-18-16-14-12-10-8-6-4-2/h3-62H2,1-2H3. The summed E-state index contributed by atoms with van der Waals surface area (Å²) in [5.41, 5.74) is 0. The van der Waals surface area contributed by atoms with Gasteiger partial charge < -0.3 is 99.5 Å². The van der Waals surface area contributed by atoms with E-state index in [9.17, 15) is 0 Å². The number of hydrogen-bond donors (Lipinski definition) is 0. The molecule has 21 heteroatoms. The Balaban J connectivity index is 3.08.